The van der Waals surface area contributed by atoms with Crippen molar-refractivity contribution >= 4 is 51.0 Å². The number of rotatable bonds is 8. The van der Waals surface area contributed by atoms with Gasteiger partial charge < -0.3 is 9.67 Å². The molecule has 0 spiro atoms. The van der Waals surface area contributed by atoms with Crippen LogP contribution >= 0.6 is 23.2 Å². The van der Waals surface area contributed by atoms with Crippen molar-refractivity contribution in [1.82, 2.24) is 9.47 Å². The molecule has 0 radical (unpaired) electrons. The van der Waals surface area contributed by atoms with Gasteiger partial charge in [-0.25, -0.2) is 0 Å². The molecule has 6 heteroatoms. The fourth-order valence-electron chi connectivity index (χ4n) is 4.16. The van der Waals surface area contributed by atoms with Crippen LogP contribution < -0.4 is 0 Å². The highest BCUT2D eigenvalue weighted by molar-refractivity contribution is 6.42. The lowest BCUT2D eigenvalue weighted by atomic mass is 10.1. The molecule has 0 bridgehead atoms. The van der Waals surface area contributed by atoms with Gasteiger partial charge in [0.1, 0.15) is 0 Å². The third-order valence-corrected chi connectivity index (χ3v) is 6.33. The van der Waals surface area contributed by atoms with Gasteiger partial charge in [-0.15, -0.1) is 0 Å². The van der Waals surface area contributed by atoms with E-state index < -0.39 is 5.97 Å². The minimum atomic E-state index is -0.805. The third kappa shape index (κ3) is 4.72. The van der Waals surface area contributed by atoms with Gasteiger partial charge >= 0.3 is 5.97 Å². The summed E-state index contributed by atoms with van der Waals surface area (Å²) in [6, 6.07) is 20.5. The van der Waals surface area contributed by atoms with Gasteiger partial charge in [-0.2, -0.15) is 0 Å². The standard InChI is InChI=1S/C25H24Cl2N2O2/c1-2-29-23-6-4-3-5-19(23)20-13-17(8-10-24(20)29)15-28(12-11-25(30)31)16-18-7-9-21(26)22(27)14-18/h3-10,13-14H,2,11-12,15-16H2,1H3,(H,30,31). The summed E-state index contributed by atoms with van der Waals surface area (Å²) in [5, 5.41) is 12.7. The number of halogens is 2. The molecule has 0 atom stereocenters. The Bertz CT molecular complexity index is 1250. The number of nitrogens with zero attached hydrogens (tertiary/aromatic N) is 2. The Morgan fingerprint density at radius 3 is 2.29 bits per heavy atom. The van der Waals surface area contributed by atoms with Crippen LogP contribution in [0.2, 0.25) is 10.0 Å². The van der Waals surface area contributed by atoms with Crippen molar-refractivity contribution in [2.45, 2.75) is 33.0 Å². The zero-order chi connectivity index (χ0) is 22.0. The predicted octanol–water partition coefficient (Wildman–Crippen LogP) is 6.60. The number of fused-ring (bicyclic) bond motifs is 3. The van der Waals surface area contributed by atoms with Crippen LogP contribution in [0.3, 0.4) is 0 Å². The van der Waals surface area contributed by atoms with Crippen LogP contribution in [0.5, 0.6) is 0 Å². The normalized spacial score (nSPS) is 11.6. The Morgan fingerprint density at radius 2 is 1.58 bits per heavy atom. The molecular weight excluding hydrogens is 431 g/mol. The molecule has 160 valence electrons. The molecule has 31 heavy (non-hydrogen) atoms. The second-order valence-corrected chi connectivity index (χ2v) is 8.53. The largest absolute Gasteiger partial charge is 0.481 e. The number of benzene rings is 3. The number of aryl methyl sites for hydroxylation is 1. The first-order chi connectivity index (χ1) is 15.0. The van der Waals surface area contributed by atoms with Crippen LogP contribution in [0.25, 0.3) is 21.8 Å². The lowest BCUT2D eigenvalue weighted by Crippen LogP contribution is -2.25. The van der Waals surface area contributed by atoms with Crippen molar-refractivity contribution in [3.05, 3.63) is 81.8 Å². The predicted molar refractivity (Wildman–Crippen MR) is 128 cm³/mol. The number of carbonyl (C=O) groups is 1. The van der Waals surface area contributed by atoms with E-state index in [-0.39, 0.29) is 6.42 Å². The van der Waals surface area contributed by atoms with Crippen molar-refractivity contribution in [3.8, 4) is 0 Å². The van der Waals surface area contributed by atoms with Gasteiger partial charge in [0.05, 0.1) is 16.5 Å². The minimum absolute atomic E-state index is 0.0821. The third-order valence-electron chi connectivity index (χ3n) is 5.59. The van der Waals surface area contributed by atoms with Gasteiger partial charge in [-0.05, 0) is 48.4 Å². The summed E-state index contributed by atoms with van der Waals surface area (Å²) in [4.78, 5) is 13.3. The van der Waals surface area contributed by atoms with E-state index in [2.05, 4.69) is 58.9 Å². The number of para-hydroxylation sites is 1. The first kappa shape index (κ1) is 21.7. The summed E-state index contributed by atoms with van der Waals surface area (Å²) in [5.74, 6) is -0.805. The Balaban J connectivity index is 1.65. The Hall–Kier alpha value is -2.53. The van der Waals surface area contributed by atoms with Gasteiger partial charge in [0, 0.05) is 48.0 Å². The number of hydrogen-bond acceptors (Lipinski definition) is 2. The first-order valence-corrected chi connectivity index (χ1v) is 11.1. The maximum Gasteiger partial charge on any atom is 0.304 e. The molecule has 0 aliphatic carbocycles. The van der Waals surface area contributed by atoms with Crippen molar-refractivity contribution < 1.29 is 9.90 Å². The van der Waals surface area contributed by atoms with E-state index in [1.54, 1.807) is 6.07 Å². The number of carboxylic acids is 1. The van der Waals surface area contributed by atoms with Gasteiger partial charge in [0.25, 0.3) is 0 Å². The molecule has 1 N–H and O–H groups in total. The highest BCUT2D eigenvalue weighted by Crippen LogP contribution is 2.30. The number of aromatic nitrogens is 1. The summed E-state index contributed by atoms with van der Waals surface area (Å²) in [7, 11) is 0. The lowest BCUT2D eigenvalue weighted by Gasteiger charge is -2.22. The quantitative estimate of drug-likeness (QED) is 0.326. The van der Waals surface area contributed by atoms with Crippen LogP contribution in [-0.4, -0.2) is 27.1 Å². The molecule has 0 aliphatic heterocycles. The molecule has 0 unspecified atom stereocenters. The first-order valence-electron chi connectivity index (χ1n) is 10.3. The fourth-order valence-corrected chi connectivity index (χ4v) is 4.48. The van der Waals surface area contributed by atoms with E-state index in [9.17, 15) is 9.90 Å². The monoisotopic (exact) mass is 454 g/mol. The molecule has 0 aliphatic rings. The molecule has 0 saturated carbocycles. The van der Waals surface area contributed by atoms with Crippen LogP contribution in [-0.2, 0) is 24.4 Å². The maximum atomic E-state index is 11.2. The lowest BCUT2D eigenvalue weighted by molar-refractivity contribution is -0.137. The van der Waals surface area contributed by atoms with E-state index in [1.807, 2.05) is 12.1 Å². The molecule has 4 nitrogen and oxygen atoms in total. The van der Waals surface area contributed by atoms with Crippen molar-refractivity contribution in [2.24, 2.45) is 0 Å². The second kappa shape index (κ2) is 9.31. The zero-order valence-corrected chi connectivity index (χ0v) is 18.8. The molecule has 1 heterocycles. The molecule has 1 aromatic heterocycles. The van der Waals surface area contributed by atoms with Crippen LogP contribution in [0.4, 0.5) is 0 Å². The summed E-state index contributed by atoms with van der Waals surface area (Å²) < 4.78 is 2.33. The van der Waals surface area contributed by atoms with E-state index in [1.165, 1.54) is 21.8 Å². The van der Waals surface area contributed by atoms with E-state index in [0.717, 1.165) is 17.7 Å². The van der Waals surface area contributed by atoms with Crippen molar-refractivity contribution in [3.63, 3.8) is 0 Å². The van der Waals surface area contributed by atoms with Crippen molar-refractivity contribution in [1.29, 1.82) is 0 Å². The van der Waals surface area contributed by atoms with Gasteiger partial charge in [0.15, 0.2) is 0 Å². The van der Waals surface area contributed by atoms with Crippen LogP contribution in [0.15, 0.2) is 60.7 Å². The van der Waals surface area contributed by atoms with Gasteiger partial charge in [-0.3, -0.25) is 9.69 Å². The van der Waals surface area contributed by atoms with E-state index in [0.29, 0.717) is 29.7 Å². The molecule has 4 rings (SSSR count). The Labute approximate surface area is 191 Å². The number of carboxylic acid groups (broad SMARTS) is 1. The van der Waals surface area contributed by atoms with Gasteiger partial charge in [0.2, 0.25) is 0 Å². The highest BCUT2D eigenvalue weighted by atomic mass is 35.5. The maximum absolute atomic E-state index is 11.2. The topological polar surface area (TPSA) is 45.5 Å². The van der Waals surface area contributed by atoms with E-state index >= 15 is 0 Å². The Kier molecular flexibility index (Phi) is 6.51. The minimum Gasteiger partial charge on any atom is -0.481 e. The summed E-state index contributed by atoms with van der Waals surface area (Å²) in [6.45, 7) is 4.76. The second-order valence-electron chi connectivity index (χ2n) is 7.72. The average molecular weight is 455 g/mol. The SMILES string of the molecule is CCn1c2ccccc2c2cc(CN(CCC(=O)O)Cc3ccc(Cl)c(Cl)c3)ccc21. The van der Waals surface area contributed by atoms with Crippen molar-refractivity contribution in [2.75, 3.05) is 6.54 Å². The summed E-state index contributed by atoms with van der Waals surface area (Å²) in [6.07, 6.45) is 0.0821. The smallest absolute Gasteiger partial charge is 0.304 e. The molecule has 4 aromatic rings. The fraction of sp³-hybridized carbons (Fsp3) is 0.240. The molecule has 3 aromatic carbocycles. The summed E-state index contributed by atoms with van der Waals surface area (Å²) in [5.41, 5.74) is 4.60. The average Bonchev–Trinajstić information content (AvgIpc) is 3.07. The van der Waals surface area contributed by atoms with E-state index in [4.69, 9.17) is 23.2 Å². The summed E-state index contributed by atoms with van der Waals surface area (Å²) >= 11 is 12.2. The number of aliphatic carboxylic acids is 1. The van der Waals surface area contributed by atoms with Crippen LogP contribution in [0.1, 0.15) is 24.5 Å². The molecule has 0 saturated heterocycles. The number of hydrogen-bond donors (Lipinski definition) is 1. The zero-order valence-electron chi connectivity index (χ0n) is 17.3. The molecule has 0 fully saturated rings. The molecular formula is C25H24Cl2N2O2. The van der Waals surface area contributed by atoms with Gasteiger partial charge in [-0.1, -0.05) is 53.5 Å². The van der Waals surface area contributed by atoms with Crippen LogP contribution in [0, 0.1) is 0 Å². The highest BCUT2D eigenvalue weighted by Gasteiger charge is 2.14. The molecule has 0 amide bonds. The Morgan fingerprint density at radius 1 is 0.903 bits per heavy atom.